The molecule has 0 aliphatic heterocycles. The summed E-state index contributed by atoms with van der Waals surface area (Å²) in [7, 11) is 0. The van der Waals surface area contributed by atoms with E-state index in [1.807, 2.05) is 4.09 Å². The monoisotopic (exact) mass is 246 g/mol. The van der Waals surface area contributed by atoms with Crippen LogP contribution < -0.4 is 0 Å². The van der Waals surface area contributed by atoms with Gasteiger partial charge in [0.15, 0.2) is 0 Å². The van der Waals surface area contributed by atoms with Crippen molar-refractivity contribution in [2.75, 3.05) is 0 Å². The van der Waals surface area contributed by atoms with E-state index < -0.39 is 21.1 Å². The molecule has 0 atom stereocenters. The van der Waals surface area contributed by atoms with Gasteiger partial charge < -0.3 is 0 Å². The normalized spacial score (nSPS) is 9.30. The maximum absolute atomic E-state index is 10.9. The Kier molecular flexibility index (Phi) is 7.47. The Morgan fingerprint density at radius 2 is 2.30 bits per heavy atom. The first-order chi connectivity index (χ1) is 4.81. The topological polar surface area (TPSA) is 17.1 Å². The van der Waals surface area contributed by atoms with E-state index in [0.29, 0.717) is 3.80 Å². The molecule has 0 bridgehead atoms. The molecule has 0 aliphatic carbocycles. The molecule has 0 saturated heterocycles. The third-order valence-corrected chi connectivity index (χ3v) is 3.49. The average Bonchev–Trinajstić information content (AvgIpc) is 1.89. The van der Waals surface area contributed by atoms with Crippen LogP contribution in [0.25, 0.3) is 0 Å². The first-order valence-electron chi connectivity index (χ1n) is 3.71. The number of hydrogen-bond acceptors (Lipinski definition) is 1. The van der Waals surface area contributed by atoms with Gasteiger partial charge in [-0.2, -0.15) is 0 Å². The van der Waals surface area contributed by atoms with Crippen LogP contribution in [0.15, 0.2) is 10.7 Å². The second kappa shape index (κ2) is 7.32. The minimum absolute atomic E-state index is 0.493. The molecule has 0 aliphatic rings. The molecule has 0 aromatic rings. The van der Waals surface area contributed by atoms with E-state index in [9.17, 15) is 4.79 Å². The standard InChI is InChI=1S/C6H11O.C2H3.Sn/c1-2-3-4-5-6-7;1-2;/h2-5H2,1H3;1H,2H2;. The molecule has 0 amide bonds. The summed E-state index contributed by atoms with van der Waals surface area (Å²) < 4.78 is 2.34. The Bertz CT molecular complexity index is 110. The Labute approximate surface area is 73.1 Å². The van der Waals surface area contributed by atoms with E-state index in [1.54, 1.807) is 0 Å². The number of carbonyl (C=O) groups is 1. The van der Waals surface area contributed by atoms with Crippen molar-refractivity contribution in [3.05, 3.63) is 10.7 Å². The van der Waals surface area contributed by atoms with Gasteiger partial charge in [-0.1, -0.05) is 0 Å². The van der Waals surface area contributed by atoms with E-state index in [0.717, 1.165) is 12.8 Å². The number of hydrogen-bond donors (Lipinski definition) is 0. The van der Waals surface area contributed by atoms with Gasteiger partial charge in [0.05, 0.1) is 0 Å². The van der Waals surface area contributed by atoms with Crippen molar-refractivity contribution in [2.45, 2.75) is 32.6 Å². The fraction of sp³-hybridized carbons (Fsp3) is 0.625. The van der Waals surface area contributed by atoms with Crippen molar-refractivity contribution in [1.82, 2.24) is 0 Å². The van der Waals surface area contributed by atoms with E-state index >= 15 is 0 Å². The van der Waals surface area contributed by atoms with Crippen molar-refractivity contribution in [3.63, 3.8) is 0 Å². The Balaban J connectivity index is 3.13. The van der Waals surface area contributed by atoms with E-state index in [-0.39, 0.29) is 0 Å². The van der Waals surface area contributed by atoms with Gasteiger partial charge in [0.1, 0.15) is 0 Å². The summed E-state index contributed by atoms with van der Waals surface area (Å²) in [5.74, 6) is 0. The molecule has 10 heavy (non-hydrogen) atoms. The van der Waals surface area contributed by atoms with Crippen LogP contribution in [0.3, 0.4) is 0 Å². The second-order valence-corrected chi connectivity index (χ2v) is 5.81. The molecule has 0 N–H and O–H groups in total. The molecule has 0 aromatic heterocycles. The van der Waals surface area contributed by atoms with Crippen molar-refractivity contribution >= 4 is 24.9 Å². The molecule has 0 saturated carbocycles. The SMILES string of the molecule is C=[CH][Sn][C](=O)CCCCC. The summed E-state index contributed by atoms with van der Waals surface area (Å²) in [6.07, 6.45) is 4.30. The van der Waals surface area contributed by atoms with Gasteiger partial charge in [-0.15, -0.1) is 0 Å². The molecule has 56 valence electrons. The second-order valence-electron chi connectivity index (χ2n) is 2.23. The zero-order valence-corrected chi connectivity index (χ0v) is 9.38. The predicted molar refractivity (Wildman–Crippen MR) is 45.1 cm³/mol. The third-order valence-electron chi connectivity index (χ3n) is 1.27. The van der Waals surface area contributed by atoms with Crippen LogP contribution in [0.5, 0.6) is 0 Å². The summed E-state index contributed by atoms with van der Waals surface area (Å²) in [5.41, 5.74) is 0. The summed E-state index contributed by atoms with van der Waals surface area (Å²) >= 11 is -0.804. The zero-order chi connectivity index (χ0) is 7.82. The van der Waals surface area contributed by atoms with E-state index in [1.165, 1.54) is 12.8 Å². The molecule has 2 heteroatoms. The van der Waals surface area contributed by atoms with Crippen LogP contribution in [-0.4, -0.2) is 24.9 Å². The van der Waals surface area contributed by atoms with Crippen molar-refractivity contribution in [3.8, 4) is 0 Å². The molecule has 0 spiro atoms. The van der Waals surface area contributed by atoms with Gasteiger partial charge in [0.25, 0.3) is 0 Å². The zero-order valence-electron chi connectivity index (χ0n) is 6.52. The van der Waals surface area contributed by atoms with Gasteiger partial charge in [-0.25, -0.2) is 0 Å². The van der Waals surface area contributed by atoms with Crippen molar-refractivity contribution < 1.29 is 4.79 Å². The van der Waals surface area contributed by atoms with Gasteiger partial charge in [-0.05, 0) is 0 Å². The van der Waals surface area contributed by atoms with Crippen LogP contribution in [0.2, 0.25) is 0 Å². The quantitative estimate of drug-likeness (QED) is 0.516. The molecular formula is C8H14OSn. The molecule has 2 radical (unpaired) electrons. The Morgan fingerprint density at radius 3 is 2.80 bits per heavy atom. The molecule has 0 unspecified atom stereocenters. The maximum atomic E-state index is 10.9. The molecular weight excluding hydrogens is 231 g/mol. The average molecular weight is 245 g/mol. The van der Waals surface area contributed by atoms with Crippen molar-refractivity contribution in [2.24, 2.45) is 0 Å². The van der Waals surface area contributed by atoms with Gasteiger partial charge in [0.2, 0.25) is 0 Å². The van der Waals surface area contributed by atoms with Gasteiger partial charge >= 0.3 is 73.0 Å². The first kappa shape index (κ1) is 10.2. The molecule has 0 fully saturated rings. The van der Waals surface area contributed by atoms with Gasteiger partial charge in [0, 0.05) is 0 Å². The Morgan fingerprint density at radius 1 is 1.60 bits per heavy atom. The van der Waals surface area contributed by atoms with Crippen LogP contribution in [-0.2, 0) is 4.79 Å². The number of rotatable bonds is 6. The third kappa shape index (κ3) is 6.33. The van der Waals surface area contributed by atoms with Gasteiger partial charge in [-0.3, -0.25) is 0 Å². The fourth-order valence-corrected chi connectivity index (χ4v) is 2.29. The Hall–Kier alpha value is 0.209. The first-order valence-corrected chi connectivity index (χ1v) is 6.79. The summed E-state index contributed by atoms with van der Waals surface area (Å²) in [6, 6.07) is 0. The summed E-state index contributed by atoms with van der Waals surface area (Å²) in [6.45, 7) is 5.73. The van der Waals surface area contributed by atoms with Crippen LogP contribution in [0.1, 0.15) is 32.6 Å². The molecule has 0 aromatic carbocycles. The van der Waals surface area contributed by atoms with Crippen molar-refractivity contribution in [1.29, 1.82) is 0 Å². The fourth-order valence-electron chi connectivity index (χ4n) is 0.722. The van der Waals surface area contributed by atoms with Crippen LogP contribution in [0, 0.1) is 0 Å². The van der Waals surface area contributed by atoms with E-state index in [4.69, 9.17) is 0 Å². The summed E-state index contributed by atoms with van der Waals surface area (Å²) in [4.78, 5) is 10.9. The number of carbonyl (C=O) groups excluding carboxylic acids is 1. The molecule has 0 rings (SSSR count). The number of unbranched alkanes of at least 4 members (excludes halogenated alkanes) is 2. The molecule has 1 nitrogen and oxygen atoms in total. The van der Waals surface area contributed by atoms with E-state index in [2.05, 4.69) is 13.5 Å². The predicted octanol–water partition coefficient (Wildman–Crippen LogP) is 1.94. The molecule has 0 heterocycles. The summed E-state index contributed by atoms with van der Waals surface area (Å²) in [5, 5.41) is 0. The minimum atomic E-state index is -0.804. The van der Waals surface area contributed by atoms with Crippen LogP contribution in [0.4, 0.5) is 0 Å². The van der Waals surface area contributed by atoms with Crippen LogP contribution >= 0.6 is 0 Å².